The summed E-state index contributed by atoms with van der Waals surface area (Å²) in [5, 5.41) is 3.45. The molecule has 0 saturated carbocycles. The van der Waals surface area contributed by atoms with Gasteiger partial charge in [-0.2, -0.15) is 0 Å². The first kappa shape index (κ1) is 16.9. The summed E-state index contributed by atoms with van der Waals surface area (Å²) in [5.41, 5.74) is 0.679. The Kier molecular flexibility index (Phi) is 6.96. The molecule has 1 aromatic rings. The van der Waals surface area contributed by atoms with Crippen LogP contribution in [0.15, 0.2) is 18.2 Å². The Labute approximate surface area is 122 Å². The van der Waals surface area contributed by atoms with Crippen molar-refractivity contribution in [2.45, 2.75) is 32.9 Å². The Morgan fingerprint density at radius 1 is 1.30 bits per heavy atom. The lowest BCUT2D eigenvalue weighted by Gasteiger charge is -2.24. The summed E-state index contributed by atoms with van der Waals surface area (Å²) >= 11 is 0. The maximum atomic E-state index is 13.9. The van der Waals surface area contributed by atoms with Crippen LogP contribution in [0.4, 0.5) is 4.39 Å². The number of nitrogens with one attached hydrogen (secondary N) is 1. The highest BCUT2D eigenvalue weighted by Gasteiger charge is 2.13. The first-order chi connectivity index (χ1) is 9.42. The Morgan fingerprint density at radius 2 is 2.00 bits per heavy atom. The van der Waals surface area contributed by atoms with E-state index in [-0.39, 0.29) is 5.82 Å². The molecule has 0 fully saturated rings. The molecule has 0 saturated heterocycles. The van der Waals surface area contributed by atoms with Gasteiger partial charge in [-0.3, -0.25) is 0 Å². The molecule has 0 spiro atoms. The largest absolute Gasteiger partial charge is 0.497 e. The third-order valence-corrected chi connectivity index (χ3v) is 3.18. The predicted molar refractivity (Wildman–Crippen MR) is 81.6 cm³/mol. The fourth-order valence-corrected chi connectivity index (χ4v) is 2.28. The van der Waals surface area contributed by atoms with Crippen LogP contribution in [0.5, 0.6) is 5.75 Å². The molecule has 1 atom stereocenters. The van der Waals surface area contributed by atoms with Crippen molar-refractivity contribution >= 4 is 0 Å². The molecule has 1 rings (SSSR count). The van der Waals surface area contributed by atoms with Crippen molar-refractivity contribution in [2.75, 3.05) is 27.7 Å². The molecule has 0 bridgehead atoms. The molecule has 0 radical (unpaired) electrons. The number of methoxy groups -OCH3 is 1. The molecule has 114 valence electrons. The highest BCUT2D eigenvalue weighted by Crippen LogP contribution is 2.16. The van der Waals surface area contributed by atoms with Crippen LogP contribution < -0.4 is 10.1 Å². The fraction of sp³-hybridized carbons (Fsp3) is 0.625. The van der Waals surface area contributed by atoms with Gasteiger partial charge in [0.2, 0.25) is 0 Å². The first-order valence-electron chi connectivity index (χ1n) is 7.13. The minimum absolute atomic E-state index is 0.218. The maximum absolute atomic E-state index is 13.9. The average Bonchev–Trinajstić information content (AvgIpc) is 2.35. The van der Waals surface area contributed by atoms with Crippen LogP contribution in [0, 0.1) is 11.7 Å². The molecule has 0 heterocycles. The number of likely N-dealkylation sites (N-methyl/N-ethyl adjacent to an activating group) is 1. The van der Waals surface area contributed by atoms with Crippen molar-refractivity contribution in [1.82, 2.24) is 10.2 Å². The van der Waals surface area contributed by atoms with E-state index in [0.29, 0.717) is 29.8 Å². The molecule has 0 aliphatic carbocycles. The van der Waals surface area contributed by atoms with Crippen LogP contribution >= 0.6 is 0 Å². The minimum Gasteiger partial charge on any atom is -0.497 e. The normalized spacial score (nSPS) is 13.0. The van der Waals surface area contributed by atoms with E-state index in [4.69, 9.17) is 4.74 Å². The van der Waals surface area contributed by atoms with Crippen LogP contribution in [0.1, 0.15) is 25.8 Å². The topological polar surface area (TPSA) is 24.5 Å². The van der Waals surface area contributed by atoms with E-state index < -0.39 is 0 Å². The third-order valence-electron chi connectivity index (χ3n) is 3.18. The molecule has 1 N–H and O–H groups in total. The molecule has 20 heavy (non-hydrogen) atoms. The fourth-order valence-electron chi connectivity index (χ4n) is 2.28. The Hall–Kier alpha value is -1.13. The van der Waals surface area contributed by atoms with E-state index in [9.17, 15) is 4.39 Å². The third kappa shape index (κ3) is 5.88. The Morgan fingerprint density at radius 3 is 2.50 bits per heavy atom. The van der Waals surface area contributed by atoms with Crippen molar-refractivity contribution in [3.8, 4) is 5.75 Å². The van der Waals surface area contributed by atoms with Gasteiger partial charge in [0, 0.05) is 30.8 Å². The van der Waals surface area contributed by atoms with Crippen LogP contribution in [-0.4, -0.2) is 38.7 Å². The molecule has 4 heteroatoms. The molecular weight excluding hydrogens is 255 g/mol. The van der Waals surface area contributed by atoms with Gasteiger partial charge in [0.05, 0.1) is 7.11 Å². The second-order valence-corrected chi connectivity index (χ2v) is 5.93. The Balaban J connectivity index is 2.61. The minimum atomic E-state index is -0.218. The van der Waals surface area contributed by atoms with Gasteiger partial charge in [0.1, 0.15) is 11.6 Å². The number of rotatable bonds is 8. The molecule has 0 aliphatic heterocycles. The summed E-state index contributed by atoms with van der Waals surface area (Å²) in [6.45, 7) is 5.91. The monoisotopic (exact) mass is 282 g/mol. The zero-order valence-corrected chi connectivity index (χ0v) is 13.2. The summed E-state index contributed by atoms with van der Waals surface area (Å²) in [6, 6.07) is 5.37. The van der Waals surface area contributed by atoms with Crippen molar-refractivity contribution in [3.63, 3.8) is 0 Å². The summed E-state index contributed by atoms with van der Waals surface area (Å²) in [5.74, 6) is 0.955. The van der Waals surface area contributed by atoms with Crippen LogP contribution in [-0.2, 0) is 6.54 Å². The molecule has 1 aromatic carbocycles. The summed E-state index contributed by atoms with van der Waals surface area (Å²) < 4.78 is 18.9. The highest BCUT2D eigenvalue weighted by atomic mass is 19.1. The SMILES string of the molecule is COc1ccc(CNC(CC(C)C)CN(C)C)c(F)c1. The zero-order valence-electron chi connectivity index (χ0n) is 13.2. The molecule has 0 aromatic heterocycles. The van der Waals surface area contributed by atoms with E-state index in [1.165, 1.54) is 6.07 Å². The van der Waals surface area contributed by atoms with Crippen LogP contribution in [0.25, 0.3) is 0 Å². The second kappa shape index (κ2) is 8.22. The van der Waals surface area contributed by atoms with Gasteiger partial charge in [-0.05, 0) is 32.5 Å². The number of benzene rings is 1. The lowest BCUT2D eigenvalue weighted by Crippen LogP contribution is -2.39. The highest BCUT2D eigenvalue weighted by molar-refractivity contribution is 5.28. The number of ether oxygens (including phenoxy) is 1. The van der Waals surface area contributed by atoms with Gasteiger partial charge in [-0.25, -0.2) is 4.39 Å². The molecular formula is C16H27FN2O. The summed E-state index contributed by atoms with van der Waals surface area (Å²) in [7, 11) is 5.66. The Bertz CT molecular complexity index is 397. The number of halogens is 1. The maximum Gasteiger partial charge on any atom is 0.131 e. The lowest BCUT2D eigenvalue weighted by atomic mass is 10.0. The van der Waals surface area contributed by atoms with E-state index in [1.54, 1.807) is 19.2 Å². The molecule has 0 amide bonds. The van der Waals surface area contributed by atoms with Gasteiger partial charge >= 0.3 is 0 Å². The quantitative estimate of drug-likeness (QED) is 0.793. The summed E-state index contributed by atoms with van der Waals surface area (Å²) in [6.07, 6.45) is 1.08. The van der Waals surface area contributed by atoms with E-state index in [2.05, 4.69) is 38.2 Å². The van der Waals surface area contributed by atoms with Crippen LogP contribution in [0.2, 0.25) is 0 Å². The summed E-state index contributed by atoms with van der Waals surface area (Å²) in [4.78, 5) is 2.16. The van der Waals surface area contributed by atoms with Gasteiger partial charge < -0.3 is 15.0 Å². The van der Waals surface area contributed by atoms with Crippen molar-refractivity contribution in [2.24, 2.45) is 5.92 Å². The van der Waals surface area contributed by atoms with Crippen LogP contribution in [0.3, 0.4) is 0 Å². The molecule has 3 nitrogen and oxygen atoms in total. The van der Waals surface area contributed by atoms with Gasteiger partial charge in [-0.1, -0.05) is 19.9 Å². The van der Waals surface area contributed by atoms with E-state index >= 15 is 0 Å². The second-order valence-electron chi connectivity index (χ2n) is 5.93. The van der Waals surface area contributed by atoms with Crippen molar-refractivity contribution < 1.29 is 9.13 Å². The predicted octanol–water partition coefficient (Wildman–Crippen LogP) is 2.90. The van der Waals surface area contributed by atoms with E-state index in [0.717, 1.165) is 13.0 Å². The van der Waals surface area contributed by atoms with Gasteiger partial charge in [0.15, 0.2) is 0 Å². The first-order valence-corrected chi connectivity index (χ1v) is 7.13. The van der Waals surface area contributed by atoms with Crippen molar-refractivity contribution in [1.29, 1.82) is 0 Å². The average molecular weight is 282 g/mol. The van der Waals surface area contributed by atoms with Crippen molar-refractivity contribution in [3.05, 3.63) is 29.6 Å². The van der Waals surface area contributed by atoms with Gasteiger partial charge in [0.25, 0.3) is 0 Å². The number of hydrogen-bond donors (Lipinski definition) is 1. The van der Waals surface area contributed by atoms with Gasteiger partial charge in [-0.15, -0.1) is 0 Å². The molecule has 0 aliphatic rings. The molecule has 1 unspecified atom stereocenters. The lowest BCUT2D eigenvalue weighted by molar-refractivity contribution is 0.304. The number of hydrogen-bond acceptors (Lipinski definition) is 3. The smallest absolute Gasteiger partial charge is 0.131 e. The number of nitrogens with zero attached hydrogens (tertiary/aromatic N) is 1. The van der Waals surface area contributed by atoms with E-state index in [1.807, 2.05) is 0 Å². The standard InChI is InChI=1S/C16H27FN2O/c1-12(2)8-14(11-19(3)4)18-10-13-6-7-15(20-5)9-16(13)17/h6-7,9,12,14,18H,8,10-11H2,1-5H3. The zero-order chi connectivity index (χ0) is 15.1.